The van der Waals surface area contributed by atoms with E-state index in [-0.39, 0.29) is 11.2 Å². The molecule has 1 saturated carbocycles. The van der Waals surface area contributed by atoms with Gasteiger partial charge in [0, 0.05) is 30.9 Å². The lowest BCUT2D eigenvalue weighted by Gasteiger charge is -2.20. The van der Waals surface area contributed by atoms with E-state index in [1.54, 1.807) is 23.3 Å². The molecule has 2 aromatic rings. The first-order chi connectivity index (χ1) is 12.1. The van der Waals surface area contributed by atoms with Gasteiger partial charge in [-0.25, -0.2) is 0 Å². The fourth-order valence-electron chi connectivity index (χ4n) is 2.62. The molecule has 2 aromatic heterocycles. The van der Waals surface area contributed by atoms with Crippen molar-refractivity contribution < 1.29 is 4.79 Å². The maximum atomic E-state index is 12.5. The molecular formula is C17H21N5OS2. The largest absolute Gasteiger partial charge is 0.344 e. The van der Waals surface area contributed by atoms with E-state index in [2.05, 4.69) is 32.3 Å². The molecule has 0 aromatic carbocycles. The Hall–Kier alpha value is -1.85. The van der Waals surface area contributed by atoms with E-state index in [4.69, 9.17) is 5.26 Å². The standard InChI is InChI=1S/C17H21N5OS2/c1-12(16(23)21(2)9-4-8-18)25-17-20-19-15(22(17)13-6-7-13)11-14-5-3-10-24-14/h3,5,10,12-13H,4,6-7,9,11H2,1-2H3/t12-/m0/s1. The molecule has 1 atom stereocenters. The SMILES string of the molecule is C[C@H](Sc1nnc(Cc2cccs2)n1C1CC1)C(=O)N(C)CCC#N. The monoisotopic (exact) mass is 375 g/mol. The summed E-state index contributed by atoms with van der Waals surface area (Å²) in [6, 6.07) is 6.69. The second-order valence-corrected chi connectivity index (χ2v) is 8.52. The molecule has 1 amide bonds. The number of hydrogen-bond donors (Lipinski definition) is 0. The lowest BCUT2D eigenvalue weighted by Crippen LogP contribution is -2.34. The van der Waals surface area contributed by atoms with Gasteiger partial charge in [-0.05, 0) is 31.2 Å². The third-order valence-electron chi connectivity index (χ3n) is 4.12. The lowest BCUT2D eigenvalue weighted by molar-refractivity contribution is -0.128. The minimum absolute atomic E-state index is 0.0189. The van der Waals surface area contributed by atoms with Crippen LogP contribution >= 0.6 is 23.1 Å². The summed E-state index contributed by atoms with van der Waals surface area (Å²) in [5.74, 6) is 0.996. The van der Waals surface area contributed by atoms with Crippen LogP contribution in [0.15, 0.2) is 22.7 Å². The summed E-state index contributed by atoms with van der Waals surface area (Å²) in [5, 5.41) is 20.1. The number of thiophene rings is 1. The zero-order chi connectivity index (χ0) is 17.8. The Kier molecular flexibility index (Phi) is 5.76. The fourth-order valence-corrected chi connectivity index (χ4v) is 4.38. The van der Waals surface area contributed by atoms with Gasteiger partial charge in [0.05, 0.1) is 17.7 Å². The van der Waals surface area contributed by atoms with Crippen molar-refractivity contribution in [2.75, 3.05) is 13.6 Å². The summed E-state index contributed by atoms with van der Waals surface area (Å²) in [6.07, 6.45) is 3.43. The first-order valence-electron chi connectivity index (χ1n) is 8.35. The summed E-state index contributed by atoms with van der Waals surface area (Å²) < 4.78 is 2.21. The molecule has 8 heteroatoms. The van der Waals surface area contributed by atoms with Crippen LogP contribution in [0.2, 0.25) is 0 Å². The predicted octanol–water partition coefficient (Wildman–Crippen LogP) is 3.12. The van der Waals surface area contributed by atoms with Gasteiger partial charge < -0.3 is 9.47 Å². The molecule has 0 spiro atoms. The van der Waals surface area contributed by atoms with Crippen LogP contribution in [0.3, 0.4) is 0 Å². The average molecular weight is 376 g/mol. The van der Waals surface area contributed by atoms with E-state index in [1.807, 2.05) is 13.0 Å². The van der Waals surface area contributed by atoms with E-state index in [0.717, 1.165) is 30.2 Å². The third kappa shape index (κ3) is 4.41. The number of aromatic nitrogens is 3. The lowest BCUT2D eigenvalue weighted by atomic mass is 10.3. The van der Waals surface area contributed by atoms with Crippen LogP contribution in [0.5, 0.6) is 0 Å². The maximum Gasteiger partial charge on any atom is 0.235 e. The fraction of sp³-hybridized carbons (Fsp3) is 0.529. The molecule has 0 aliphatic heterocycles. The van der Waals surface area contributed by atoms with Gasteiger partial charge in [-0.15, -0.1) is 21.5 Å². The number of carbonyl (C=O) groups is 1. The van der Waals surface area contributed by atoms with Gasteiger partial charge in [0.25, 0.3) is 0 Å². The van der Waals surface area contributed by atoms with Gasteiger partial charge in [-0.3, -0.25) is 4.79 Å². The van der Waals surface area contributed by atoms with Gasteiger partial charge in [-0.2, -0.15) is 5.26 Å². The van der Waals surface area contributed by atoms with Crippen LogP contribution in [0.1, 0.15) is 42.9 Å². The number of rotatable bonds is 8. The number of amides is 1. The number of nitrogens with zero attached hydrogens (tertiary/aromatic N) is 5. The molecule has 1 aliphatic carbocycles. The molecule has 0 N–H and O–H groups in total. The summed E-state index contributed by atoms with van der Waals surface area (Å²) in [7, 11) is 1.74. The number of carbonyl (C=O) groups excluding carboxylic acids is 1. The molecule has 0 radical (unpaired) electrons. The molecule has 132 valence electrons. The van der Waals surface area contributed by atoms with Crippen molar-refractivity contribution in [2.24, 2.45) is 0 Å². The van der Waals surface area contributed by atoms with Crippen LogP contribution in [0.25, 0.3) is 0 Å². The number of hydrogen-bond acceptors (Lipinski definition) is 6. The third-order valence-corrected chi connectivity index (χ3v) is 6.05. The molecule has 3 rings (SSSR count). The quantitative estimate of drug-likeness (QED) is 0.663. The first-order valence-corrected chi connectivity index (χ1v) is 10.1. The van der Waals surface area contributed by atoms with Crippen LogP contribution in [-0.4, -0.2) is 44.4 Å². The highest BCUT2D eigenvalue weighted by molar-refractivity contribution is 8.00. The minimum Gasteiger partial charge on any atom is -0.344 e. The van der Waals surface area contributed by atoms with Crippen molar-refractivity contribution in [1.29, 1.82) is 5.26 Å². The topological polar surface area (TPSA) is 74.8 Å². The molecule has 1 fully saturated rings. The van der Waals surface area contributed by atoms with Gasteiger partial charge >= 0.3 is 0 Å². The second-order valence-electron chi connectivity index (χ2n) is 6.18. The summed E-state index contributed by atoms with van der Waals surface area (Å²) in [4.78, 5) is 15.3. The van der Waals surface area contributed by atoms with E-state index >= 15 is 0 Å². The summed E-state index contributed by atoms with van der Waals surface area (Å²) >= 11 is 3.18. The maximum absolute atomic E-state index is 12.5. The van der Waals surface area contributed by atoms with E-state index < -0.39 is 0 Å². The van der Waals surface area contributed by atoms with E-state index in [1.165, 1.54) is 16.6 Å². The van der Waals surface area contributed by atoms with Gasteiger partial charge in [0.1, 0.15) is 5.82 Å². The van der Waals surface area contributed by atoms with Crippen LogP contribution in [0, 0.1) is 11.3 Å². The Morgan fingerprint density at radius 2 is 2.36 bits per heavy atom. The molecule has 2 heterocycles. The van der Waals surface area contributed by atoms with E-state index in [9.17, 15) is 4.79 Å². The first kappa shape index (κ1) is 18.0. The molecule has 0 unspecified atom stereocenters. The molecule has 25 heavy (non-hydrogen) atoms. The smallest absolute Gasteiger partial charge is 0.235 e. The normalized spacial score (nSPS) is 14.9. The molecular weight excluding hydrogens is 354 g/mol. The zero-order valence-electron chi connectivity index (χ0n) is 14.4. The van der Waals surface area contributed by atoms with Crippen molar-refractivity contribution in [3.63, 3.8) is 0 Å². The van der Waals surface area contributed by atoms with Crippen molar-refractivity contribution in [1.82, 2.24) is 19.7 Å². The highest BCUT2D eigenvalue weighted by Gasteiger charge is 2.31. The predicted molar refractivity (Wildman–Crippen MR) is 98.6 cm³/mol. The molecule has 0 bridgehead atoms. The van der Waals surface area contributed by atoms with Crippen LogP contribution in [0.4, 0.5) is 0 Å². The van der Waals surface area contributed by atoms with Crippen molar-refractivity contribution in [3.8, 4) is 6.07 Å². The van der Waals surface area contributed by atoms with E-state index in [0.29, 0.717) is 19.0 Å². The average Bonchev–Trinajstić information content (AvgIpc) is 3.17. The highest BCUT2D eigenvalue weighted by Crippen LogP contribution is 2.40. The number of thioether (sulfide) groups is 1. The van der Waals surface area contributed by atoms with Gasteiger partial charge in [0.2, 0.25) is 5.91 Å². The van der Waals surface area contributed by atoms with Crippen LogP contribution < -0.4 is 0 Å². The van der Waals surface area contributed by atoms with Crippen molar-refractivity contribution >= 4 is 29.0 Å². The zero-order valence-corrected chi connectivity index (χ0v) is 16.0. The number of nitriles is 1. The second kappa shape index (κ2) is 8.02. The summed E-state index contributed by atoms with van der Waals surface area (Å²) in [6.45, 7) is 2.35. The Morgan fingerprint density at radius 1 is 1.56 bits per heavy atom. The van der Waals surface area contributed by atoms with Crippen molar-refractivity contribution in [2.45, 2.75) is 49.1 Å². The highest BCUT2D eigenvalue weighted by atomic mass is 32.2. The van der Waals surface area contributed by atoms with Crippen molar-refractivity contribution in [3.05, 3.63) is 28.2 Å². The minimum atomic E-state index is -0.250. The molecule has 6 nitrogen and oxygen atoms in total. The molecule has 0 saturated heterocycles. The Labute approximate surface area is 155 Å². The Bertz CT molecular complexity index is 761. The van der Waals surface area contributed by atoms with Gasteiger partial charge in [-0.1, -0.05) is 17.8 Å². The van der Waals surface area contributed by atoms with Crippen LogP contribution in [-0.2, 0) is 11.2 Å². The van der Waals surface area contributed by atoms with Gasteiger partial charge in [0.15, 0.2) is 5.16 Å². The summed E-state index contributed by atoms with van der Waals surface area (Å²) in [5.41, 5.74) is 0. The Morgan fingerprint density at radius 3 is 3.00 bits per heavy atom. The molecule has 1 aliphatic rings. The Balaban J connectivity index is 1.71.